The Morgan fingerprint density at radius 2 is 1.69 bits per heavy atom. The Kier molecular flexibility index (Phi) is 6.54. The van der Waals surface area contributed by atoms with Crippen LogP contribution in [0.2, 0.25) is 10.0 Å². The smallest absolute Gasteiger partial charge is 0.313 e. The van der Waals surface area contributed by atoms with E-state index < -0.39 is 11.4 Å². The summed E-state index contributed by atoms with van der Waals surface area (Å²) in [4.78, 5) is 11.7. The third kappa shape index (κ3) is 4.73. The number of ether oxygens (including phenoxy) is 1. The number of hydrogen-bond acceptors (Lipinski definition) is 4. The first-order valence-electron chi connectivity index (χ1n) is 11.8. The van der Waals surface area contributed by atoms with E-state index in [1.165, 1.54) is 0 Å². The molecule has 36 heavy (non-hydrogen) atoms. The van der Waals surface area contributed by atoms with Crippen LogP contribution in [0, 0.1) is 0 Å². The Bertz CT molecular complexity index is 1400. The van der Waals surface area contributed by atoms with Crippen LogP contribution in [0.5, 0.6) is 5.75 Å². The second-order valence-corrected chi connectivity index (χ2v) is 10.4. The van der Waals surface area contributed by atoms with Gasteiger partial charge in [0.25, 0.3) is 0 Å². The average Bonchev–Trinajstić information content (AvgIpc) is 3.63. The minimum Gasteiger partial charge on any atom is -0.489 e. The van der Waals surface area contributed by atoms with Crippen molar-refractivity contribution < 1.29 is 19.2 Å². The maximum Gasteiger partial charge on any atom is 0.313 e. The van der Waals surface area contributed by atoms with E-state index >= 15 is 0 Å². The SMILES string of the molecule is CC(C)(C(=O)O)c1cccc(-c2ccc(OCc3c(-c4c(Cl)cccc4Cl)noc3C3CC3)cc2)c1. The molecule has 1 heterocycles. The van der Waals surface area contributed by atoms with E-state index in [4.69, 9.17) is 32.5 Å². The van der Waals surface area contributed by atoms with Crippen LogP contribution in [0.4, 0.5) is 0 Å². The van der Waals surface area contributed by atoms with Gasteiger partial charge in [0.15, 0.2) is 0 Å². The Morgan fingerprint density at radius 1 is 1.03 bits per heavy atom. The van der Waals surface area contributed by atoms with Crippen molar-refractivity contribution in [2.45, 2.75) is 44.6 Å². The van der Waals surface area contributed by atoms with Gasteiger partial charge in [-0.1, -0.05) is 70.8 Å². The molecule has 0 amide bonds. The van der Waals surface area contributed by atoms with Gasteiger partial charge in [0.1, 0.15) is 23.8 Å². The van der Waals surface area contributed by atoms with Crippen molar-refractivity contribution in [2.75, 3.05) is 0 Å². The molecule has 184 valence electrons. The van der Waals surface area contributed by atoms with Gasteiger partial charge in [-0.15, -0.1) is 0 Å². The van der Waals surface area contributed by atoms with Crippen LogP contribution in [0.3, 0.4) is 0 Å². The maximum absolute atomic E-state index is 11.7. The Labute approximate surface area is 219 Å². The molecule has 7 heteroatoms. The summed E-state index contributed by atoms with van der Waals surface area (Å²) in [5.74, 6) is 1.01. The molecule has 0 spiro atoms. The molecule has 3 aromatic carbocycles. The zero-order chi connectivity index (χ0) is 25.4. The molecular weight excluding hydrogens is 497 g/mol. The molecule has 0 radical (unpaired) electrons. The second kappa shape index (κ2) is 9.64. The average molecular weight is 522 g/mol. The zero-order valence-corrected chi connectivity index (χ0v) is 21.4. The van der Waals surface area contributed by atoms with Gasteiger partial charge in [0, 0.05) is 11.5 Å². The summed E-state index contributed by atoms with van der Waals surface area (Å²) in [7, 11) is 0. The predicted molar refractivity (Wildman–Crippen MR) is 141 cm³/mol. The van der Waals surface area contributed by atoms with Gasteiger partial charge >= 0.3 is 5.97 Å². The molecule has 0 unspecified atom stereocenters. The summed E-state index contributed by atoms with van der Waals surface area (Å²) in [6.07, 6.45) is 2.12. The Hall–Kier alpha value is -3.28. The molecule has 0 saturated heterocycles. The number of hydrogen-bond donors (Lipinski definition) is 1. The van der Waals surface area contributed by atoms with Crippen molar-refractivity contribution in [3.63, 3.8) is 0 Å². The summed E-state index contributed by atoms with van der Waals surface area (Å²) in [5, 5.41) is 14.9. The number of aliphatic carboxylic acids is 1. The standard InChI is InChI=1S/C29H25Cl2NO4/c1-29(2,28(33)34)20-6-3-5-19(15-20)17-11-13-21(14-12-17)35-16-22-26(32-36-27(22)18-9-10-18)25-23(30)7-4-8-24(25)31/h3-8,11-15,18H,9-10,16H2,1-2H3,(H,33,34). The van der Waals surface area contributed by atoms with E-state index in [1.54, 1.807) is 32.0 Å². The molecule has 0 aliphatic heterocycles. The highest BCUT2D eigenvalue weighted by Crippen LogP contribution is 2.46. The summed E-state index contributed by atoms with van der Waals surface area (Å²) < 4.78 is 11.9. The van der Waals surface area contributed by atoms with Crippen LogP contribution in [0.15, 0.2) is 71.3 Å². The molecule has 1 fully saturated rings. The number of carboxylic acid groups (broad SMARTS) is 1. The summed E-state index contributed by atoms with van der Waals surface area (Å²) >= 11 is 12.9. The number of aromatic nitrogens is 1. The minimum atomic E-state index is -0.973. The first kappa shape index (κ1) is 24.4. The lowest BCUT2D eigenvalue weighted by Gasteiger charge is -2.20. The number of halogens is 2. The largest absolute Gasteiger partial charge is 0.489 e. The topological polar surface area (TPSA) is 72.6 Å². The van der Waals surface area contributed by atoms with Gasteiger partial charge in [0.2, 0.25) is 0 Å². The van der Waals surface area contributed by atoms with E-state index in [0.717, 1.165) is 40.9 Å². The molecular formula is C29H25Cl2NO4. The summed E-state index contributed by atoms with van der Waals surface area (Å²) in [6.45, 7) is 3.68. The first-order chi connectivity index (χ1) is 17.3. The number of rotatable bonds is 8. The van der Waals surface area contributed by atoms with Gasteiger partial charge in [-0.2, -0.15) is 0 Å². The van der Waals surface area contributed by atoms with Crippen LogP contribution < -0.4 is 4.74 Å². The third-order valence-corrected chi connectivity index (χ3v) is 7.29. The van der Waals surface area contributed by atoms with Crippen molar-refractivity contribution in [3.8, 4) is 28.1 Å². The summed E-state index contributed by atoms with van der Waals surface area (Å²) in [5.41, 5.74) is 3.81. The lowest BCUT2D eigenvalue weighted by molar-refractivity contribution is -0.142. The van der Waals surface area contributed by atoms with Crippen molar-refractivity contribution in [2.24, 2.45) is 0 Å². The predicted octanol–water partition coefficient (Wildman–Crippen LogP) is 8.13. The quantitative estimate of drug-likeness (QED) is 0.253. The van der Waals surface area contributed by atoms with Crippen LogP contribution in [-0.4, -0.2) is 16.2 Å². The normalized spacial score (nSPS) is 13.6. The highest BCUT2D eigenvalue weighted by Gasteiger charge is 2.34. The molecule has 1 N–H and O–H groups in total. The van der Waals surface area contributed by atoms with Gasteiger partial charge in [-0.25, -0.2) is 0 Å². The van der Waals surface area contributed by atoms with Gasteiger partial charge in [-0.3, -0.25) is 4.79 Å². The van der Waals surface area contributed by atoms with Crippen LogP contribution in [0.1, 0.15) is 49.5 Å². The van der Waals surface area contributed by atoms with Gasteiger partial charge in [-0.05, 0) is 67.6 Å². The van der Waals surface area contributed by atoms with E-state index in [0.29, 0.717) is 33.0 Å². The maximum atomic E-state index is 11.7. The number of benzene rings is 3. The lowest BCUT2D eigenvalue weighted by atomic mass is 9.83. The first-order valence-corrected chi connectivity index (χ1v) is 12.5. The molecule has 1 saturated carbocycles. The second-order valence-electron chi connectivity index (χ2n) is 9.57. The fourth-order valence-electron chi connectivity index (χ4n) is 4.16. The van der Waals surface area contributed by atoms with Crippen LogP contribution in [0.25, 0.3) is 22.4 Å². The highest BCUT2D eigenvalue weighted by atomic mass is 35.5. The highest BCUT2D eigenvalue weighted by molar-refractivity contribution is 6.39. The van der Waals surface area contributed by atoms with E-state index in [2.05, 4.69) is 5.16 Å². The number of nitrogens with zero attached hydrogens (tertiary/aromatic N) is 1. The number of carbonyl (C=O) groups is 1. The van der Waals surface area contributed by atoms with Crippen molar-refractivity contribution in [1.82, 2.24) is 5.16 Å². The Morgan fingerprint density at radius 3 is 2.33 bits per heavy atom. The molecule has 5 rings (SSSR count). The molecule has 5 nitrogen and oxygen atoms in total. The van der Waals surface area contributed by atoms with E-state index in [-0.39, 0.29) is 6.61 Å². The Balaban J connectivity index is 1.38. The molecule has 1 aliphatic rings. The fraction of sp³-hybridized carbons (Fsp3) is 0.241. The van der Waals surface area contributed by atoms with Crippen molar-refractivity contribution >= 4 is 29.2 Å². The van der Waals surface area contributed by atoms with Gasteiger partial charge in [0.05, 0.1) is 21.0 Å². The molecule has 1 aliphatic carbocycles. The van der Waals surface area contributed by atoms with Crippen molar-refractivity contribution in [3.05, 3.63) is 93.7 Å². The third-order valence-electron chi connectivity index (χ3n) is 6.66. The van der Waals surface area contributed by atoms with Crippen LogP contribution in [-0.2, 0) is 16.8 Å². The number of carboxylic acids is 1. The molecule has 0 atom stereocenters. The van der Waals surface area contributed by atoms with Crippen molar-refractivity contribution in [1.29, 1.82) is 0 Å². The fourth-order valence-corrected chi connectivity index (χ4v) is 4.73. The molecule has 1 aromatic heterocycles. The summed E-state index contributed by atoms with van der Waals surface area (Å²) in [6, 6.07) is 20.7. The molecule has 0 bridgehead atoms. The molecule has 4 aromatic rings. The lowest BCUT2D eigenvalue weighted by Crippen LogP contribution is -2.28. The van der Waals surface area contributed by atoms with Crippen LogP contribution >= 0.6 is 23.2 Å². The zero-order valence-electron chi connectivity index (χ0n) is 19.9. The minimum absolute atomic E-state index is 0.272. The van der Waals surface area contributed by atoms with E-state index in [1.807, 2.05) is 48.5 Å². The van der Waals surface area contributed by atoms with Gasteiger partial charge < -0.3 is 14.4 Å². The van der Waals surface area contributed by atoms with E-state index in [9.17, 15) is 9.90 Å². The monoisotopic (exact) mass is 521 g/mol.